The largest absolute Gasteiger partial charge is 0.496 e. The van der Waals surface area contributed by atoms with Crippen LogP contribution in [-0.4, -0.2) is 49.0 Å². The first kappa shape index (κ1) is 23.9. The Morgan fingerprint density at radius 1 is 1.00 bits per heavy atom. The number of ether oxygens (including phenoxy) is 1. The van der Waals surface area contributed by atoms with Crippen LogP contribution in [0.5, 0.6) is 5.75 Å². The van der Waals surface area contributed by atoms with Crippen LogP contribution in [0.4, 0.5) is 0 Å². The van der Waals surface area contributed by atoms with E-state index in [9.17, 15) is 4.79 Å². The van der Waals surface area contributed by atoms with E-state index in [2.05, 4.69) is 47.4 Å². The van der Waals surface area contributed by atoms with Gasteiger partial charge < -0.3 is 14.1 Å². The maximum atomic E-state index is 13.2. The smallest absolute Gasteiger partial charge is 0.246 e. The molecule has 1 aliphatic heterocycles. The third-order valence-electron chi connectivity index (χ3n) is 7.03. The Hall–Kier alpha value is -3.83. The Kier molecular flexibility index (Phi) is 6.92. The highest BCUT2D eigenvalue weighted by atomic mass is 16.5. The summed E-state index contributed by atoms with van der Waals surface area (Å²) in [7, 11) is 1.67. The van der Waals surface area contributed by atoms with Crippen molar-refractivity contribution in [3.05, 3.63) is 95.8 Å². The normalized spacial score (nSPS) is 14.9. The summed E-state index contributed by atoms with van der Waals surface area (Å²) in [5, 5.41) is 1.02. The number of carbonyl (C=O) groups is 1. The minimum atomic E-state index is 0.0436. The van der Waals surface area contributed by atoms with Gasteiger partial charge in [0.25, 0.3) is 0 Å². The lowest BCUT2D eigenvalue weighted by atomic mass is 9.96. The predicted octanol–water partition coefficient (Wildman–Crippen LogP) is 6.16. The predicted molar refractivity (Wildman–Crippen MR) is 145 cm³/mol. The summed E-state index contributed by atoms with van der Waals surface area (Å²) in [4.78, 5) is 17.5. The number of carbonyl (C=O) groups excluding carboxylic acids is 1. The van der Waals surface area contributed by atoms with Crippen molar-refractivity contribution in [2.24, 2.45) is 0 Å². The summed E-state index contributed by atoms with van der Waals surface area (Å²) in [5.41, 5.74) is 6.97. The molecular weight excluding hydrogens is 448 g/mol. The zero-order valence-electron chi connectivity index (χ0n) is 21.2. The van der Waals surface area contributed by atoms with Crippen LogP contribution < -0.4 is 4.74 Å². The summed E-state index contributed by atoms with van der Waals surface area (Å²) < 4.78 is 11.7. The van der Waals surface area contributed by atoms with Crippen molar-refractivity contribution in [1.82, 2.24) is 9.80 Å². The molecule has 36 heavy (non-hydrogen) atoms. The van der Waals surface area contributed by atoms with Crippen LogP contribution in [0.2, 0.25) is 0 Å². The molecule has 1 fully saturated rings. The molecule has 5 heteroatoms. The van der Waals surface area contributed by atoms with Crippen molar-refractivity contribution in [1.29, 1.82) is 0 Å². The lowest BCUT2D eigenvalue weighted by Gasteiger charge is -2.34. The number of piperazine rings is 1. The lowest BCUT2D eigenvalue weighted by Crippen LogP contribution is -2.47. The van der Waals surface area contributed by atoms with E-state index in [1.807, 2.05) is 43.0 Å². The lowest BCUT2D eigenvalue weighted by molar-refractivity contribution is -0.127. The van der Waals surface area contributed by atoms with Gasteiger partial charge >= 0.3 is 0 Å². The molecule has 0 spiro atoms. The zero-order chi connectivity index (χ0) is 25.1. The van der Waals surface area contributed by atoms with Crippen molar-refractivity contribution < 1.29 is 13.9 Å². The Morgan fingerprint density at radius 2 is 1.67 bits per heavy atom. The van der Waals surface area contributed by atoms with Gasteiger partial charge in [-0.25, -0.2) is 0 Å². The molecule has 3 aromatic carbocycles. The summed E-state index contributed by atoms with van der Waals surface area (Å²) in [6.07, 6.45) is 3.55. The standard InChI is InChI=1S/C31H32N2O3/c1-22(18-29(34)33-16-14-32(15-17-33)20-24-10-6-4-7-11-24)26-19-27-28(25-12-8-5-9-13-25)21-36-31(27)23(2)30(26)35-3/h4-13,18-19,21H,14-17,20H2,1-3H3/b22-18+. The molecule has 0 radical (unpaired) electrons. The average Bonchev–Trinajstić information content (AvgIpc) is 3.34. The number of benzene rings is 3. The molecule has 4 aromatic rings. The highest BCUT2D eigenvalue weighted by molar-refractivity contribution is 6.01. The van der Waals surface area contributed by atoms with E-state index in [-0.39, 0.29) is 5.91 Å². The molecule has 2 heterocycles. The maximum absolute atomic E-state index is 13.2. The van der Waals surface area contributed by atoms with E-state index >= 15 is 0 Å². The number of fused-ring (bicyclic) bond motifs is 1. The van der Waals surface area contributed by atoms with Gasteiger partial charge in [0, 0.05) is 60.9 Å². The van der Waals surface area contributed by atoms with Gasteiger partial charge in [-0.1, -0.05) is 60.7 Å². The molecule has 1 aliphatic rings. The number of amides is 1. The number of allylic oxidation sites excluding steroid dienone is 1. The van der Waals surface area contributed by atoms with E-state index in [1.165, 1.54) is 5.56 Å². The molecule has 5 rings (SSSR count). The number of methoxy groups -OCH3 is 1. The number of rotatable bonds is 6. The molecule has 0 atom stereocenters. The Bertz CT molecular complexity index is 1380. The van der Waals surface area contributed by atoms with Crippen LogP contribution in [0.3, 0.4) is 0 Å². The van der Waals surface area contributed by atoms with Crippen LogP contribution in [0.15, 0.2) is 83.5 Å². The summed E-state index contributed by atoms with van der Waals surface area (Å²) >= 11 is 0. The Labute approximate surface area is 212 Å². The molecule has 0 N–H and O–H groups in total. The summed E-state index contributed by atoms with van der Waals surface area (Å²) in [6, 6.07) is 22.8. The fourth-order valence-electron chi connectivity index (χ4n) is 5.04. The molecule has 0 saturated carbocycles. The molecule has 184 valence electrons. The minimum Gasteiger partial charge on any atom is -0.496 e. The van der Waals surface area contributed by atoms with Gasteiger partial charge in [0.15, 0.2) is 0 Å². The molecule has 1 aromatic heterocycles. The van der Waals surface area contributed by atoms with Gasteiger partial charge in [0.2, 0.25) is 5.91 Å². The number of nitrogens with zero attached hydrogens (tertiary/aromatic N) is 2. The SMILES string of the molecule is COc1c(/C(C)=C/C(=O)N2CCN(Cc3ccccc3)CC2)cc2c(-c3ccccc3)coc2c1C. The highest BCUT2D eigenvalue weighted by Crippen LogP contribution is 2.40. The van der Waals surface area contributed by atoms with Crippen LogP contribution >= 0.6 is 0 Å². The van der Waals surface area contributed by atoms with Crippen molar-refractivity contribution in [2.45, 2.75) is 20.4 Å². The summed E-state index contributed by atoms with van der Waals surface area (Å²) in [5.74, 6) is 0.785. The van der Waals surface area contributed by atoms with E-state index in [0.717, 1.165) is 77.3 Å². The fraction of sp³-hybridized carbons (Fsp3) is 0.258. The minimum absolute atomic E-state index is 0.0436. The van der Waals surface area contributed by atoms with E-state index in [1.54, 1.807) is 19.4 Å². The molecule has 1 saturated heterocycles. The van der Waals surface area contributed by atoms with Gasteiger partial charge in [0.05, 0.1) is 13.4 Å². The van der Waals surface area contributed by atoms with Crippen LogP contribution in [0, 0.1) is 6.92 Å². The molecule has 0 aliphatic carbocycles. The molecule has 0 bridgehead atoms. The van der Waals surface area contributed by atoms with Crippen molar-refractivity contribution in [3.63, 3.8) is 0 Å². The molecule has 5 nitrogen and oxygen atoms in total. The average molecular weight is 481 g/mol. The first-order chi connectivity index (χ1) is 17.5. The third-order valence-corrected chi connectivity index (χ3v) is 7.03. The number of hydrogen-bond acceptors (Lipinski definition) is 4. The molecular formula is C31H32N2O3. The van der Waals surface area contributed by atoms with E-state index in [0.29, 0.717) is 0 Å². The first-order valence-electron chi connectivity index (χ1n) is 12.4. The number of aryl methyl sites for hydroxylation is 1. The number of hydrogen-bond donors (Lipinski definition) is 0. The highest BCUT2D eigenvalue weighted by Gasteiger charge is 2.22. The second-order valence-electron chi connectivity index (χ2n) is 9.39. The van der Waals surface area contributed by atoms with E-state index < -0.39 is 0 Å². The zero-order valence-corrected chi connectivity index (χ0v) is 21.2. The van der Waals surface area contributed by atoms with Gasteiger partial charge in [-0.05, 0) is 36.6 Å². The fourth-order valence-corrected chi connectivity index (χ4v) is 5.04. The quantitative estimate of drug-likeness (QED) is 0.310. The second kappa shape index (κ2) is 10.4. The summed E-state index contributed by atoms with van der Waals surface area (Å²) in [6.45, 7) is 8.10. The molecule has 1 amide bonds. The monoisotopic (exact) mass is 480 g/mol. The van der Waals surface area contributed by atoms with Crippen molar-refractivity contribution >= 4 is 22.4 Å². The maximum Gasteiger partial charge on any atom is 0.246 e. The van der Waals surface area contributed by atoms with Gasteiger partial charge in [-0.3, -0.25) is 9.69 Å². The van der Waals surface area contributed by atoms with Crippen LogP contribution in [0.25, 0.3) is 27.7 Å². The Morgan fingerprint density at radius 3 is 2.33 bits per heavy atom. The van der Waals surface area contributed by atoms with Gasteiger partial charge in [-0.15, -0.1) is 0 Å². The van der Waals surface area contributed by atoms with Crippen molar-refractivity contribution in [3.8, 4) is 16.9 Å². The van der Waals surface area contributed by atoms with Gasteiger partial charge in [-0.2, -0.15) is 0 Å². The van der Waals surface area contributed by atoms with E-state index in [4.69, 9.17) is 9.15 Å². The van der Waals surface area contributed by atoms with Gasteiger partial charge in [0.1, 0.15) is 11.3 Å². The van der Waals surface area contributed by atoms with Crippen LogP contribution in [-0.2, 0) is 11.3 Å². The Balaban J connectivity index is 1.37. The second-order valence-corrected chi connectivity index (χ2v) is 9.39. The van der Waals surface area contributed by atoms with Crippen LogP contribution in [0.1, 0.15) is 23.6 Å². The third kappa shape index (κ3) is 4.79. The first-order valence-corrected chi connectivity index (χ1v) is 12.4. The topological polar surface area (TPSA) is 45.9 Å². The number of furan rings is 1. The van der Waals surface area contributed by atoms with Crippen molar-refractivity contribution in [2.75, 3.05) is 33.3 Å². The molecule has 0 unspecified atom stereocenters.